The van der Waals surface area contributed by atoms with Crippen molar-refractivity contribution in [1.29, 1.82) is 0 Å². The van der Waals surface area contributed by atoms with E-state index in [4.69, 9.17) is 4.74 Å². The maximum Gasteiger partial charge on any atom is 0.410 e. The van der Waals surface area contributed by atoms with Crippen LogP contribution in [0.5, 0.6) is 0 Å². The Morgan fingerprint density at radius 1 is 1.21 bits per heavy atom. The molecule has 7 nitrogen and oxygen atoms in total. The normalized spacial score (nSPS) is 13.2. The topological polar surface area (TPSA) is 99.7 Å². The van der Waals surface area contributed by atoms with Gasteiger partial charge < -0.3 is 19.7 Å². The molecule has 1 aliphatic rings. The highest BCUT2D eigenvalue weighted by molar-refractivity contribution is 5.89. The summed E-state index contributed by atoms with van der Waals surface area (Å²) >= 11 is 0. The minimum Gasteiger partial charge on any atom is -0.478 e. The van der Waals surface area contributed by atoms with Crippen molar-refractivity contribution in [1.82, 2.24) is 9.88 Å². The molecule has 2 heterocycles. The molecule has 2 N–H and O–H groups in total. The summed E-state index contributed by atoms with van der Waals surface area (Å²) in [6.45, 7) is 0.498. The van der Waals surface area contributed by atoms with E-state index in [1.807, 2.05) is 30.3 Å². The number of pyridine rings is 1. The van der Waals surface area contributed by atoms with Gasteiger partial charge in [-0.1, -0.05) is 30.3 Å². The lowest BCUT2D eigenvalue weighted by molar-refractivity contribution is 0.0693. The summed E-state index contributed by atoms with van der Waals surface area (Å²) in [5, 5.41) is 9.19. The summed E-state index contributed by atoms with van der Waals surface area (Å²) in [7, 11) is 0. The Morgan fingerprint density at radius 2 is 1.96 bits per heavy atom. The van der Waals surface area contributed by atoms with Crippen molar-refractivity contribution in [2.75, 3.05) is 6.54 Å². The number of H-pyrrole nitrogens is 1. The van der Waals surface area contributed by atoms with Gasteiger partial charge in [0.2, 0.25) is 0 Å². The minimum atomic E-state index is -1.09. The summed E-state index contributed by atoms with van der Waals surface area (Å²) in [6, 6.07) is 9.28. The fourth-order valence-electron chi connectivity index (χ4n) is 2.74. The molecule has 3 rings (SSSR count). The van der Waals surface area contributed by atoms with Crippen molar-refractivity contribution in [3.05, 3.63) is 69.1 Å². The van der Waals surface area contributed by atoms with Crippen LogP contribution in [0.3, 0.4) is 0 Å². The fraction of sp³-hybridized carbons (Fsp3) is 0.235. The molecule has 1 aromatic heterocycles. The van der Waals surface area contributed by atoms with Crippen LogP contribution in [0.25, 0.3) is 0 Å². The molecular weight excluding hydrogens is 312 g/mol. The number of amides is 1. The predicted molar refractivity (Wildman–Crippen MR) is 84.8 cm³/mol. The third-order valence-electron chi connectivity index (χ3n) is 3.99. The number of carboxylic acid groups (broad SMARTS) is 1. The van der Waals surface area contributed by atoms with Crippen LogP contribution in [0.2, 0.25) is 0 Å². The second-order valence-corrected chi connectivity index (χ2v) is 5.51. The summed E-state index contributed by atoms with van der Waals surface area (Å²) < 4.78 is 5.26. The van der Waals surface area contributed by atoms with Crippen molar-refractivity contribution in [2.24, 2.45) is 0 Å². The molecule has 0 spiro atoms. The van der Waals surface area contributed by atoms with Crippen molar-refractivity contribution >= 4 is 12.1 Å². The summed E-state index contributed by atoms with van der Waals surface area (Å²) in [5.74, 6) is -1.09. The van der Waals surface area contributed by atoms with Gasteiger partial charge in [-0.05, 0) is 17.5 Å². The number of ether oxygens (including phenoxy) is 1. The van der Waals surface area contributed by atoms with Gasteiger partial charge in [0.15, 0.2) is 0 Å². The lowest BCUT2D eigenvalue weighted by atomic mass is 9.97. The van der Waals surface area contributed by atoms with Gasteiger partial charge in [0.05, 0.1) is 12.1 Å². The summed E-state index contributed by atoms with van der Waals surface area (Å²) in [4.78, 5) is 39.2. The van der Waals surface area contributed by atoms with Gasteiger partial charge in [-0.15, -0.1) is 0 Å². The van der Waals surface area contributed by atoms with Gasteiger partial charge in [0.25, 0.3) is 5.56 Å². The minimum absolute atomic E-state index is 0.0411. The van der Waals surface area contributed by atoms with Gasteiger partial charge >= 0.3 is 12.1 Å². The maximum atomic E-state index is 12.2. The first-order chi connectivity index (χ1) is 11.6. The molecule has 0 saturated heterocycles. The number of benzene rings is 1. The molecule has 0 radical (unpaired) electrons. The van der Waals surface area contributed by atoms with Crippen LogP contribution < -0.4 is 5.56 Å². The van der Waals surface area contributed by atoms with E-state index >= 15 is 0 Å². The third-order valence-corrected chi connectivity index (χ3v) is 3.99. The molecule has 1 amide bonds. The van der Waals surface area contributed by atoms with Crippen LogP contribution in [-0.2, 0) is 24.3 Å². The number of nitrogens with one attached hydrogen (secondary N) is 1. The maximum absolute atomic E-state index is 12.2. The van der Waals surface area contributed by atoms with E-state index in [0.29, 0.717) is 24.1 Å². The van der Waals surface area contributed by atoms with Gasteiger partial charge in [-0.3, -0.25) is 4.79 Å². The highest BCUT2D eigenvalue weighted by atomic mass is 16.6. The highest BCUT2D eigenvalue weighted by Gasteiger charge is 2.27. The van der Waals surface area contributed by atoms with Gasteiger partial charge in [-0.2, -0.15) is 0 Å². The monoisotopic (exact) mass is 328 g/mol. The van der Waals surface area contributed by atoms with Crippen LogP contribution in [0.4, 0.5) is 4.79 Å². The number of rotatable bonds is 3. The SMILES string of the molecule is O=C(O)c1c[nH]c(=O)c2c1CCN(C(=O)OCc1ccccc1)C2. The first-order valence-corrected chi connectivity index (χ1v) is 7.48. The number of aromatic nitrogens is 1. The van der Waals surface area contributed by atoms with Crippen LogP contribution in [0, 0.1) is 0 Å². The van der Waals surface area contributed by atoms with Crippen LogP contribution in [0.1, 0.15) is 27.0 Å². The average molecular weight is 328 g/mol. The Balaban J connectivity index is 1.73. The molecule has 24 heavy (non-hydrogen) atoms. The van der Waals surface area contributed by atoms with E-state index in [1.54, 1.807) is 0 Å². The number of aromatic carboxylic acids is 1. The number of carbonyl (C=O) groups is 2. The molecule has 2 aromatic rings. The molecule has 1 aromatic carbocycles. The van der Waals surface area contributed by atoms with Crippen molar-refractivity contribution in [3.63, 3.8) is 0 Å². The Bertz CT molecular complexity index is 829. The second kappa shape index (κ2) is 6.57. The Morgan fingerprint density at radius 3 is 2.67 bits per heavy atom. The van der Waals surface area contributed by atoms with E-state index in [-0.39, 0.29) is 24.3 Å². The zero-order chi connectivity index (χ0) is 17.1. The lowest BCUT2D eigenvalue weighted by Crippen LogP contribution is -2.40. The van der Waals surface area contributed by atoms with Gasteiger partial charge in [0.1, 0.15) is 6.61 Å². The zero-order valence-corrected chi connectivity index (χ0v) is 12.8. The van der Waals surface area contributed by atoms with Crippen molar-refractivity contribution in [3.8, 4) is 0 Å². The molecule has 124 valence electrons. The molecule has 0 bridgehead atoms. The molecular formula is C17H16N2O5. The highest BCUT2D eigenvalue weighted by Crippen LogP contribution is 2.20. The van der Waals surface area contributed by atoms with E-state index in [0.717, 1.165) is 5.56 Å². The summed E-state index contributed by atoms with van der Waals surface area (Å²) in [5.41, 5.74) is 1.35. The molecule has 7 heteroatoms. The lowest BCUT2D eigenvalue weighted by Gasteiger charge is -2.28. The van der Waals surface area contributed by atoms with Crippen LogP contribution in [0.15, 0.2) is 41.3 Å². The van der Waals surface area contributed by atoms with E-state index in [9.17, 15) is 19.5 Å². The smallest absolute Gasteiger partial charge is 0.410 e. The molecule has 0 atom stereocenters. The standard InChI is InChI=1S/C17H16N2O5/c20-15-14-9-19(7-6-12(14)13(8-18-15)16(21)22)17(23)24-10-11-4-2-1-3-5-11/h1-5,8H,6-7,9-10H2,(H,18,20)(H,21,22). The summed E-state index contributed by atoms with van der Waals surface area (Å²) in [6.07, 6.45) is 0.985. The second-order valence-electron chi connectivity index (χ2n) is 5.51. The predicted octanol–water partition coefficient (Wildman–Crippen LogP) is 1.77. The molecule has 0 aliphatic carbocycles. The molecule has 0 unspecified atom stereocenters. The zero-order valence-electron chi connectivity index (χ0n) is 12.8. The van der Waals surface area contributed by atoms with Crippen LogP contribution >= 0.6 is 0 Å². The third kappa shape index (κ3) is 3.15. The number of aromatic amines is 1. The largest absolute Gasteiger partial charge is 0.478 e. The van der Waals surface area contributed by atoms with Gasteiger partial charge in [-0.25, -0.2) is 9.59 Å². The van der Waals surface area contributed by atoms with Gasteiger partial charge in [0, 0.05) is 18.3 Å². The number of nitrogens with zero attached hydrogens (tertiary/aromatic N) is 1. The van der Waals surface area contributed by atoms with Crippen molar-refractivity contribution in [2.45, 2.75) is 19.6 Å². The van der Waals surface area contributed by atoms with E-state index < -0.39 is 12.1 Å². The number of carboxylic acids is 1. The van der Waals surface area contributed by atoms with E-state index in [1.165, 1.54) is 11.1 Å². The number of hydrogen-bond acceptors (Lipinski definition) is 4. The van der Waals surface area contributed by atoms with Crippen molar-refractivity contribution < 1.29 is 19.4 Å². The number of fused-ring (bicyclic) bond motifs is 1. The molecule has 0 fully saturated rings. The average Bonchev–Trinajstić information content (AvgIpc) is 2.60. The first kappa shape index (κ1) is 15.8. The fourth-order valence-corrected chi connectivity index (χ4v) is 2.74. The molecule has 1 aliphatic heterocycles. The Kier molecular flexibility index (Phi) is 4.33. The Hall–Kier alpha value is -3.09. The quantitative estimate of drug-likeness (QED) is 0.894. The Labute approximate surface area is 137 Å². The van der Waals surface area contributed by atoms with E-state index in [2.05, 4.69) is 4.98 Å². The molecule has 0 saturated carbocycles. The number of hydrogen-bond donors (Lipinski definition) is 2. The first-order valence-electron chi connectivity index (χ1n) is 7.48. The van der Waals surface area contributed by atoms with Crippen LogP contribution in [-0.4, -0.2) is 33.6 Å². The number of carbonyl (C=O) groups excluding carboxylic acids is 1.